The number of nitrogens with zero attached hydrogens (tertiary/aromatic N) is 2. The van der Waals surface area contributed by atoms with Gasteiger partial charge in [-0.2, -0.15) is 0 Å². The van der Waals surface area contributed by atoms with Crippen molar-refractivity contribution >= 4 is 11.6 Å². The van der Waals surface area contributed by atoms with Crippen LogP contribution in [-0.4, -0.2) is 9.55 Å². The molecule has 0 bridgehead atoms. The third-order valence-corrected chi connectivity index (χ3v) is 4.46. The minimum absolute atomic E-state index is 0.0464. The molecule has 3 nitrogen and oxygen atoms in total. The number of rotatable bonds is 3. The first-order chi connectivity index (χ1) is 10.2. The first kappa shape index (κ1) is 14.3. The maximum absolute atomic E-state index is 12.2. The molecule has 0 fully saturated rings. The summed E-state index contributed by atoms with van der Waals surface area (Å²) in [6.45, 7) is 2.70. The number of fused-ring (bicyclic) bond motifs is 1. The van der Waals surface area contributed by atoms with Crippen LogP contribution in [0.2, 0.25) is 5.15 Å². The lowest BCUT2D eigenvalue weighted by molar-refractivity contribution is 0.461. The smallest absolute Gasteiger partial charge is 0.255 e. The molecule has 110 valence electrons. The Bertz CT molecular complexity index is 708. The highest BCUT2D eigenvalue weighted by Gasteiger charge is 2.21. The van der Waals surface area contributed by atoms with Crippen molar-refractivity contribution in [3.8, 4) is 0 Å². The molecule has 0 N–H and O–H groups in total. The maximum Gasteiger partial charge on any atom is 0.255 e. The topological polar surface area (TPSA) is 34.9 Å². The highest BCUT2D eigenvalue weighted by Crippen LogP contribution is 2.32. The van der Waals surface area contributed by atoms with E-state index in [-0.39, 0.29) is 10.7 Å². The van der Waals surface area contributed by atoms with Crippen molar-refractivity contribution in [2.45, 2.75) is 45.1 Å². The van der Waals surface area contributed by atoms with Crippen LogP contribution in [-0.2, 0) is 19.4 Å². The fourth-order valence-corrected chi connectivity index (χ4v) is 3.44. The Morgan fingerprint density at radius 2 is 2.19 bits per heavy atom. The van der Waals surface area contributed by atoms with Gasteiger partial charge in [0, 0.05) is 24.9 Å². The van der Waals surface area contributed by atoms with E-state index in [4.69, 9.17) is 11.6 Å². The summed E-state index contributed by atoms with van der Waals surface area (Å²) in [6.07, 6.45) is 4.15. The van der Waals surface area contributed by atoms with Crippen LogP contribution in [0.4, 0.5) is 0 Å². The van der Waals surface area contributed by atoms with Crippen LogP contribution < -0.4 is 5.56 Å². The van der Waals surface area contributed by atoms with E-state index in [1.165, 1.54) is 23.6 Å². The predicted molar refractivity (Wildman–Crippen MR) is 85.0 cm³/mol. The highest BCUT2D eigenvalue weighted by molar-refractivity contribution is 6.29. The van der Waals surface area contributed by atoms with Gasteiger partial charge in [0.1, 0.15) is 11.0 Å². The summed E-state index contributed by atoms with van der Waals surface area (Å²) in [5, 5.41) is 0.289. The molecule has 1 aliphatic rings. The average Bonchev–Trinajstić information content (AvgIpc) is 2.50. The minimum Gasteiger partial charge on any atom is -0.296 e. The number of aromatic nitrogens is 2. The molecule has 1 aromatic heterocycles. The fourth-order valence-electron chi connectivity index (χ4n) is 3.25. The molecule has 0 radical (unpaired) electrons. The average molecular weight is 303 g/mol. The van der Waals surface area contributed by atoms with Crippen LogP contribution in [0.1, 0.15) is 42.6 Å². The summed E-state index contributed by atoms with van der Waals surface area (Å²) < 4.78 is 1.79. The molecule has 0 amide bonds. The molecular weight excluding hydrogens is 284 g/mol. The van der Waals surface area contributed by atoms with E-state index in [0.717, 1.165) is 18.7 Å². The Kier molecular flexibility index (Phi) is 4.11. The van der Waals surface area contributed by atoms with Gasteiger partial charge in [-0.3, -0.25) is 9.36 Å². The summed E-state index contributed by atoms with van der Waals surface area (Å²) in [5.74, 6) is 1.16. The van der Waals surface area contributed by atoms with Crippen molar-refractivity contribution in [2.24, 2.45) is 0 Å². The van der Waals surface area contributed by atoms with Gasteiger partial charge in [0.2, 0.25) is 0 Å². The lowest BCUT2D eigenvalue weighted by Crippen LogP contribution is -2.28. The number of hydrogen-bond donors (Lipinski definition) is 0. The van der Waals surface area contributed by atoms with Crippen LogP contribution in [0.25, 0.3) is 0 Å². The second-order valence-electron chi connectivity index (χ2n) is 5.59. The molecule has 1 atom stereocenters. The summed E-state index contributed by atoms with van der Waals surface area (Å²) in [5.41, 5.74) is 2.75. The zero-order valence-corrected chi connectivity index (χ0v) is 12.9. The Hall–Kier alpha value is -1.61. The van der Waals surface area contributed by atoms with Crippen molar-refractivity contribution in [3.63, 3.8) is 0 Å². The van der Waals surface area contributed by atoms with E-state index >= 15 is 0 Å². The summed E-state index contributed by atoms with van der Waals surface area (Å²) >= 11 is 5.90. The summed E-state index contributed by atoms with van der Waals surface area (Å²) in [4.78, 5) is 16.5. The van der Waals surface area contributed by atoms with Crippen LogP contribution in [0.3, 0.4) is 0 Å². The SMILES string of the molecule is CCc1nc(Cl)cc(=O)n1CC1CCCc2ccccc21. The molecule has 3 rings (SSSR count). The van der Waals surface area contributed by atoms with E-state index in [0.29, 0.717) is 18.9 Å². The van der Waals surface area contributed by atoms with Gasteiger partial charge in [0.25, 0.3) is 5.56 Å². The molecule has 0 aliphatic heterocycles. The van der Waals surface area contributed by atoms with Crippen LogP contribution >= 0.6 is 11.6 Å². The normalized spacial score (nSPS) is 17.5. The predicted octanol–water partition coefficient (Wildman–Crippen LogP) is 3.58. The summed E-state index contributed by atoms with van der Waals surface area (Å²) in [7, 11) is 0. The third kappa shape index (κ3) is 2.88. The van der Waals surface area contributed by atoms with Crippen molar-refractivity contribution < 1.29 is 0 Å². The van der Waals surface area contributed by atoms with Gasteiger partial charge in [-0.25, -0.2) is 4.98 Å². The van der Waals surface area contributed by atoms with Crippen LogP contribution in [0.15, 0.2) is 35.1 Å². The number of benzene rings is 1. The molecule has 0 saturated heterocycles. The molecule has 1 unspecified atom stereocenters. The molecule has 1 aromatic carbocycles. The highest BCUT2D eigenvalue weighted by atomic mass is 35.5. The zero-order chi connectivity index (χ0) is 14.8. The molecule has 1 heterocycles. The minimum atomic E-state index is -0.0464. The zero-order valence-electron chi connectivity index (χ0n) is 12.2. The van der Waals surface area contributed by atoms with Crippen molar-refractivity contribution in [1.82, 2.24) is 9.55 Å². The third-order valence-electron chi connectivity index (χ3n) is 4.27. The van der Waals surface area contributed by atoms with Crippen molar-refractivity contribution in [3.05, 3.63) is 62.8 Å². The molecule has 4 heteroatoms. The maximum atomic E-state index is 12.2. The number of halogens is 1. The monoisotopic (exact) mass is 302 g/mol. The Morgan fingerprint density at radius 1 is 1.38 bits per heavy atom. The van der Waals surface area contributed by atoms with Crippen LogP contribution in [0.5, 0.6) is 0 Å². The lowest BCUT2D eigenvalue weighted by atomic mass is 9.83. The van der Waals surface area contributed by atoms with Gasteiger partial charge in [-0.15, -0.1) is 0 Å². The molecule has 0 saturated carbocycles. The van der Waals surface area contributed by atoms with Gasteiger partial charge in [-0.1, -0.05) is 42.8 Å². The fraction of sp³-hybridized carbons (Fsp3) is 0.412. The second-order valence-corrected chi connectivity index (χ2v) is 5.97. The molecular formula is C17H19ClN2O. The Morgan fingerprint density at radius 3 is 3.00 bits per heavy atom. The van der Waals surface area contributed by atoms with Gasteiger partial charge in [-0.05, 0) is 30.4 Å². The standard InChI is InChI=1S/C17H19ClN2O/c1-2-16-19-15(18)10-17(21)20(16)11-13-8-5-7-12-6-3-4-9-14(12)13/h3-4,6,9-10,13H,2,5,7-8,11H2,1H3. The summed E-state index contributed by atoms with van der Waals surface area (Å²) in [6, 6.07) is 9.98. The first-order valence-electron chi connectivity index (χ1n) is 7.53. The number of aryl methyl sites for hydroxylation is 2. The van der Waals surface area contributed by atoms with Gasteiger partial charge >= 0.3 is 0 Å². The lowest BCUT2D eigenvalue weighted by Gasteiger charge is -2.26. The largest absolute Gasteiger partial charge is 0.296 e. The van der Waals surface area contributed by atoms with E-state index in [1.807, 2.05) is 6.92 Å². The molecule has 1 aliphatic carbocycles. The van der Waals surface area contributed by atoms with Gasteiger partial charge in [0.15, 0.2) is 0 Å². The second kappa shape index (κ2) is 6.02. The quantitative estimate of drug-likeness (QED) is 0.812. The van der Waals surface area contributed by atoms with Crippen LogP contribution in [0, 0.1) is 0 Å². The van der Waals surface area contributed by atoms with E-state index in [9.17, 15) is 4.79 Å². The van der Waals surface area contributed by atoms with Gasteiger partial charge in [0.05, 0.1) is 0 Å². The Balaban J connectivity index is 1.97. The van der Waals surface area contributed by atoms with Crippen molar-refractivity contribution in [2.75, 3.05) is 0 Å². The van der Waals surface area contributed by atoms with Crippen molar-refractivity contribution in [1.29, 1.82) is 0 Å². The first-order valence-corrected chi connectivity index (χ1v) is 7.91. The van der Waals surface area contributed by atoms with E-state index in [2.05, 4.69) is 29.2 Å². The molecule has 21 heavy (non-hydrogen) atoms. The van der Waals surface area contributed by atoms with E-state index in [1.54, 1.807) is 4.57 Å². The van der Waals surface area contributed by atoms with E-state index < -0.39 is 0 Å². The molecule has 0 spiro atoms. The number of hydrogen-bond acceptors (Lipinski definition) is 2. The Labute approximate surface area is 129 Å². The molecule has 2 aromatic rings. The van der Waals surface area contributed by atoms with Gasteiger partial charge < -0.3 is 0 Å².